The third-order valence-electron chi connectivity index (χ3n) is 4.12. The largest absolute Gasteiger partial charge is 0.349 e. The van der Waals surface area contributed by atoms with Gasteiger partial charge in [-0.3, -0.25) is 4.79 Å². The van der Waals surface area contributed by atoms with Crippen molar-refractivity contribution in [1.29, 1.82) is 0 Å². The van der Waals surface area contributed by atoms with Gasteiger partial charge < -0.3 is 5.32 Å². The number of carbonyl (C=O) groups excluding carboxylic acids is 1. The molecule has 0 saturated heterocycles. The lowest BCUT2D eigenvalue weighted by Crippen LogP contribution is -2.33. The van der Waals surface area contributed by atoms with Crippen molar-refractivity contribution in [3.8, 4) is 0 Å². The monoisotopic (exact) mass is 381 g/mol. The first-order valence-electron chi connectivity index (χ1n) is 8.56. The van der Waals surface area contributed by atoms with Gasteiger partial charge in [-0.2, -0.15) is 5.10 Å². The highest BCUT2D eigenvalue weighted by Gasteiger charge is 2.22. The van der Waals surface area contributed by atoms with Crippen LogP contribution in [0.2, 0.25) is 10.2 Å². The lowest BCUT2D eigenvalue weighted by Gasteiger charge is -2.15. The summed E-state index contributed by atoms with van der Waals surface area (Å²) in [5.74, 6) is 0.437. The first-order valence-corrected chi connectivity index (χ1v) is 9.32. The average Bonchev–Trinajstić information content (AvgIpc) is 2.81. The van der Waals surface area contributed by atoms with Gasteiger partial charge in [0.2, 0.25) is 0 Å². The van der Waals surface area contributed by atoms with Crippen molar-refractivity contribution in [2.75, 3.05) is 0 Å². The first kappa shape index (κ1) is 19.8. The Bertz CT molecular complexity index is 740. The summed E-state index contributed by atoms with van der Waals surface area (Å²) in [6, 6.07) is 7.63. The second-order valence-electron chi connectivity index (χ2n) is 6.85. The Kier molecular flexibility index (Phi) is 6.91. The van der Waals surface area contributed by atoms with Gasteiger partial charge in [0.15, 0.2) is 0 Å². The van der Waals surface area contributed by atoms with Gasteiger partial charge in [0.25, 0.3) is 5.91 Å². The van der Waals surface area contributed by atoms with Crippen LogP contribution in [0.25, 0.3) is 0 Å². The zero-order valence-corrected chi connectivity index (χ0v) is 16.7. The van der Waals surface area contributed by atoms with Crippen LogP contribution in [0.5, 0.6) is 0 Å². The van der Waals surface area contributed by atoms with Crippen molar-refractivity contribution < 1.29 is 4.79 Å². The second kappa shape index (κ2) is 8.72. The Hall–Kier alpha value is -1.52. The summed E-state index contributed by atoms with van der Waals surface area (Å²) >= 11 is 12.6. The summed E-state index contributed by atoms with van der Waals surface area (Å²) < 4.78 is 1.62. The lowest BCUT2D eigenvalue weighted by atomic mass is 10.0. The van der Waals surface area contributed by atoms with Gasteiger partial charge in [-0.1, -0.05) is 55.2 Å². The van der Waals surface area contributed by atoms with Crippen molar-refractivity contribution in [2.24, 2.45) is 5.92 Å². The van der Waals surface area contributed by atoms with Crippen LogP contribution in [0, 0.1) is 12.8 Å². The minimum absolute atomic E-state index is 0.0947. The van der Waals surface area contributed by atoms with Crippen molar-refractivity contribution in [3.05, 3.63) is 51.3 Å². The van der Waals surface area contributed by atoms with Crippen LogP contribution in [0.1, 0.15) is 55.2 Å². The van der Waals surface area contributed by atoms with E-state index in [-0.39, 0.29) is 11.9 Å². The van der Waals surface area contributed by atoms with E-state index in [2.05, 4.69) is 24.3 Å². The van der Waals surface area contributed by atoms with E-state index in [1.165, 1.54) is 0 Å². The number of amides is 1. The van der Waals surface area contributed by atoms with Crippen LogP contribution >= 0.6 is 23.2 Å². The number of aryl methyl sites for hydroxylation is 1. The van der Waals surface area contributed by atoms with Crippen LogP contribution < -0.4 is 5.32 Å². The summed E-state index contributed by atoms with van der Waals surface area (Å²) in [4.78, 5) is 12.6. The zero-order chi connectivity index (χ0) is 18.6. The minimum Gasteiger partial charge on any atom is -0.349 e. The van der Waals surface area contributed by atoms with E-state index >= 15 is 0 Å². The van der Waals surface area contributed by atoms with Gasteiger partial charge in [0, 0.05) is 11.1 Å². The molecule has 0 aliphatic rings. The van der Waals surface area contributed by atoms with Gasteiger partial charge in [-0.15, -0.1) is 0 Å². The Labute approximate surface area is 159 Å². The molecule has 1 aromatic heterocycles. The molecule has 1 amide bonds. The molecule has 1 heterocycles. The molecule has 0 saturated carbocycles. The van der Waals surface area contributed by atoms with E-state index in [1.54, 1.807) is 11.6 Å². The molecule has 0 aliphatic heterocycles. The van der Waals surface area contributed by atoms with E-state index in [0.717, 1.165) is 18.4 Å². The maximum Gasteiger partial charge on any atom is 0.256 e. The third kappa shape index (κ3) is 5.23. The Morgan fingerprint density at radius 2 is 1.88 bits per heavy atom. The van der Waals surface area contributed by atoms with Gasteiger partial charge in [-0.05, 0) is 44.2 Å². The van der Waals surface area contributed by atoms with E-state index < -0.39 is 0 Å². The smallest absolute Gasteiger partial charge is 0.256 e. The molecule has 0 spiro atoms. The number of hydrogen-bond donors (Lipinski definition) is 1. The fraction of sp³-hybridized carbons (Fsp3) is 0.474. The summed E-state index contributed by atoms with van der Waals surface area (Å²) in [5, 5.41) is 8.43. The van der Waals surface area contributed by atoms with Crippen LogP contribution in [0.3, 0.4) is 0 Å². The number of benzene rings is 1. The predicted molar refractivity (Wildman–Crippen MR) is 104 cm³/mol. The maximum absolute atomic E-state index is 12.6. The van der Waals surface area contributed by atoms with E-state index in [0.29, 0.717) is 33.9 Å². The molecule has 1 N–H and O–H groups in total. The lowest BCUT2D eigenvalue weighted by molar-refractivity contribution is 0.0936. The molecule has 0 fully saturated rings. The van der Waals surface area contributed by atoms with E-state index in [9.17, 15) is 4.79 Å². The van der Waals surface area contributed by atoms with E-state index in [1.807, 2.05) is 31.2 Å². The number of rotatable bonds is 7. The number of carbonyl (C=O) groups is 1. The van der Waals surface area contributed by atoms with Crippen molar-refractivity contribution in [2.45, 2.75) is 53.1 Å². The Morgan fingerprint density at radius 3 is 2.52 bits per heavy atom. The topological polar surface area (TPSA) is 46.9 Å². The molecular formula is C19H25Cl2N3O. The quantitative estimate of drug-likeness (QED) is 0.724. The maximum atomic E-state index is 12.6. The summed E-state index contributed by atoms with van der Waals surface area (Å²) in [6.07, 6.45) is 2.01. The molecule has 1 aromatic carbocycles. The third-order valence-corrected chi connectivity index (χ3v) is 4.88. The standard InChI is InChI=1S/C19H25Cl2N3O/c1-12(2)9-10-13(3)22-19(25)17-14(4)23-24(18(17)21)11-15-7-5-6-8-16(15)20/h5-8,12-13H,9-11H2,1-4H3,(H,22,25). The predicted octanol–water partition coefficient (Wildman–Crippen LogP) is 5.10. The van der Waals surface area contributed by atoms with Crippen LogP contribution in [-0.2, 0) is 6.54 Å². The summed E-state index contributed by atoms with van der Waals surface area (Å²) in [5.41, 5.74) is 1.96. The van der Waals surface area contributed by atoms with Gasteiger partial charge in [0.1, 0.15) is 5.15 Å². The van der Waals surface area contributed by atoms with Crippen LogP contribution in [0.15, 0.2) is 24.3 Å². The number of aromatic nitrogens is 2. The highest BCUT2D eigenvalue weighted by atomic mass is 35.5. The van der Waals surface area contributed by atoms with Crippen molar-refractivity contribution >= 4 is 29.1 Å². The Morgan fingerprint density at radius 1 is 1.20 bits per heavy atom. The molecule has 6 heteroatoms. The SMILES string of the molecule is Cc1nn(Cc2ccccc2Cl)c(Cl)c1C(=O)NC(C)CCC(C)C. The highest BCUT2D eigenvalue weighted by Crippen LogP contribution is 2.23. The van der Waals surface area contributed by atoms with Crippen molar-refractivity contribution in [1.82, 2.24) is 15.1 Å². The average molecular weight is 382 g/mol. The summed E-state index contributed by atoms with van der Waals surface area (Å²) in [7, 11) is 0. The highest BCUT2D eigenvalue weighted by molar-refractivity contribution is 6.33. The van der Waals surface area contributed by atoms with Crippen LogP contribution in [0.4, 0.5) is 0 Å². The number of halogens is 2. The number of hydrogen-bond acceptors (Lipinski definition) is 2. The molecule has 25 heavy (non-hydrogen) atoms. The molecule has 2 aromatic rings. The molecule has 0 aliphatic carbocycles. The van der Waals surface area contributed by atoms with Crippen LogP contribution in [-0.4, -0.2) is 21.7 Å². The first-order chi connectivity index (χ1) is 11.8. The normalized spacial score (nSPS) is 12.4. The molecule has 0 radical (unpaired) electrons. The molecular weight excluding hydrogens is 357 g/mol. The fourth-order valence-electron chi connectivity index (χ4n) is 2.66. The van der Waals surface area contributed by atoms with Gasteiger partial charge >= 0.3 is 0 Å². The number of nitrogens with zero attached hydrogens (tertiary/aromatic N) is 2. The number of nitrogens with one attached hydrogen (secondary N) is 1. The van der Waals surface area contributed by atoms with Gasteiger partial charge in [-0.25, -0.2) is 4.68 Å². The molecule has 136 valence electrons. The molecule has 2 rings (SSSR count). The molecule has 1 atom stereocenters. The minimum atomic E-state index is -0.177. The molecule has 1 unspecified atom stereocenters. The summed E-state index contributed by atoms with van der Waals surface area (Å²) in [6.45, 7) is 8.58. The fourth-order valence-corrected chi connectivity index (χ4v) is 3.17. The zero-order valence-electron chi connectivity index (χ0n) is 15.1. The van der Waals surface area contributed by atoms with Crippen molar-refractivity contribution in [3.63, 3.8) is 0 Å². The van der Waals surface area contributed by atoms with E-state index in [4.69, 9.17) is 23.2 Å². The molecule has 0 bridgehead atoms. The molecule has 4 nitrogen and oxygen atoms in total. The van der Waals surface area contributed by atoms with Gasteiger partial charge in [0.05, 0.1) is 17.8 Å². The second-order valence-corrected chi connectivity index (χ2v) is 7.61. The Balaban J connectivity index is 2.13.